The summed E-state index contributed by atoms with van der Waals surface area (Å²) in [7, 11) is 7.51. The van der Waals surface area contributed by atoms with E-state index in [4.69, 9.17) is 35.3 Å². The molecule has 1 aromatic rings. The van der Waals surface area contributed by atoms with Gasteiger partial charge in [0.15, 0.2) is 5.72 Å². The Bertz CT molecular complexity index is 1590. The molecule has 0 saturated carbocycles. The van der Waals surface area contributed by atoms with Gasteiger partial charge in [-0.1, -0.05) is 63.9 Å². The second kappa shape index (κ2) is 16.0. The van der Waals surface area contributed by atoms with Gasteiger partial charge in [-0.15, -0.1) is 0 Å². The Kier molecular flexibility index (Phi) is 12.3. The third kappa shape index (κ3) is 8.33. The Hall–Kier alpha value is -2.95. The predicted molar refractivity (Wildman–Crippen MR) is 195 cm³/mol. The molecule has 5 rings (SSSR count). The van der Waals surface area contributed by atoms with Crippen LogP contribution < -0.4 is 15.0 Å². The summed E-state index contributed by atoms with van der Waals surface area (Å²) in [5.74, 6) is -1.02. The lowest BCUT2D eigenvalue weighted by Crippen LogP contribution is -2.63. The quantitative estimate of drug-likeness (QED) is 0.176. The maximum Gasteiger partial charge on any atom is 0.409 e. The second-order valence-corrected chi connectivity index (χ2v) is 16.6. The summed E-state index contributed by atoms with van der Waals surface area (Å²) in [6.07, 6.45) is 3.21. The third-order valence-corrected chi connectivity index (χ3v) is 12.3. The smallest absolute Gasteiger partial charge is 0.409 e. The van der Waals surface area contributed by atoms with Crippen LogP contribution in [0.25, 0.3) is 0 Å². The van der Waals surface area contributed by atoms with Gasteiger partial charge in [-0.2, -0.15) is 0 Å². The van der Waals surface area contributed by atoms with E-state index in [0.717, 1.165) is 11.1 Å². The average molecular weight is 768 g/mol. The molecule has 0 aliphatic carbocycles. The van der Waals surface area contributed by atoms with Crippen molar-refractivity contribution in [2.45, 2.75) is 88.2 Å². The number of rotatable bonds is 7. The van der Waals surface area contributed by atoms with E-state index in [1.54, 1.807) is 31.2 Å². The number of hydrogen-bond acceptors (Lipinski definition) is 12. The van der Waals surface area contributed by atoms with Gasteiger partial charge in [0.05, 0.1) is 31.9 Å². The summed E-state index contributed by atoms with van der Waals surface area (Å²) in [4.78, 5) is 57.4. The van der Waals surface area contributed by atoms with E-state index in [1.165, 1.54) is 52.7 Å². The zero-order valence-electron chi connectivity index (χ0n) is 29.8. The highest BCUT2D eigenvalue weighted by Gasteiger charge is 2.65. The Labute approximate surface area is 311 Å². The van der Waals surface area contributed by atoms with Gasteiger partial charge in [0, 0.05) is 38.7 Å². The number of likely N-dealkylation sites (N-methyl/N-ethyl adjacent to an activating group) is 1. The van der Waals surface area contributed by atoms with E-state index in [2.05, 4.69) is 5.32 Å². The highest BCUT2D eigenvalue weighted by molar-refractivity contribution is 8.76. The number of fused-ring (bicyclic) bond motifs is 10. The SMILES string of the molecule is COc1cc2cc(c1Cl)N1CC(N(C)C(=O)CCSSC)C(=O)O[C@@H](CC1=O)C1(C)OC1[C@H](C)[C@@H]1C[C@@](O)(NC(=O)O1)[C@H](OC)/C=C/C=C(\C)C2. The van der Waals surface area contributed by atoms with E-state index in [0.29, 0.717) is 23.6 Å². The fourth-order valence-corrected chi connectivity index (χ4v) is 8.50. The molecule has 0 spiro atoms. The number of carbonyl (C=O) groups excluding carboxylic acids is 4. The van der Waals surface area contributed by atoms with Crippen LogP contribution in [0.4, 0.5) is 10.5 Å². The first-order valence-corrected chi connectivity index (χ1v) is 19.8. The van der Waals surface area contributed by atoms with Gasteiger partial charge < -0.3 is 38.6 Å². The van der Waals surface area contributed by atoms with Gasteiger partial charge in [-0.05, 0) is 44.2 Å². The number of esters is 1. The maximum atomic E-state index is 14.4. The van der Waals surface area contributed by atoms with Crippen molar-refractivity contribution in [3.8, 4) is 5.75 Å². The van der Waals surface area contributed by atoms with Gasteiger partial charge in [0.2, 0.25) is 11.8 Å². The lowest BCUT2D eigenvalue weighted by atomic mass is 9.83. The van der Waals surface area contributed by atoms with E-state index < -0.39 is 65.7 Å². The maximum absolute atomic E-state index is 14.4. The highest BCUT2D eigenvalue weighted by Crippen LogP contribution is 2.49. The summed E-state index contributed by atoms with van der Waals surface area (Å²) in [5.41, 5.74) is -0.976. The van der Waals surface area contributed by atoms with Crippen molar-refractivity contribution in [3.05, 3.63) is 46.5 Å². The first-order chi connectivity index (χ1) is 24.1. The Morgan fingerprint density at radius 2 is 1.98 bits per heavy atom. The number of nitrogens with one attached hydrogen (secondary N) is 1. The fraction of sp³-hybridized carbons (Fsp3) is 0.600. The van der Waals surface area contributed by atoms with Crippen LogP contribution in [0.3, 0.4) is 0 Å². The summed E-state index contributed by atoms with van der Waals surface area (Å²) in [6.45, 7) is 5.26. The van der Waals surface area contributed by atoms with Crippen molar-refractivity contribution < 1.29 is 48.0 Å². The number of benzene rings is 1. The minimum atomic E-state index is -1.81. The van der Waals surface area contributed by atoms with Crippen molar-refractivity contribution in [3.63, 3.8) is 0 Å². The number of anilines is 1. The third-order valence-electron chi connectivity index (χ3n) is 10.1. The molecule has 280 valence electrons. The predicted octanol–water partition coefficient (Wildman–Crippen LogP) is 4.28. The van der Waals surface area contributed by atoms with E-state index in [-0.39, 0.29) is 36.7 Å². The fourth-order valence-electron chi connectivity index (χ4n) is 7.04. The molecule has 6 bridgehead atoms. The van der Waals surface area contributed by atoms with Crippen LogP contribution >= 0.6 is 33.2 Å². The molecule has 1 aromatic carbocycles. The normalized spacial score (nSPS) is 34.1. The molecule has 3 unspecified atom stereocenters. The molecule has 0 aromatic heterocycles. The number of methoxy groups -OCH3 is 2. The van der Waals surface area contributed by atoms with Crippen LogP contribution in [0, 0.1) is 5.92 Å². The van der Waals surface area contributed by atoms with Crippen molar-refractivity contribution in [1.82, 2.24) is 10.2 Å². The van der Waals surface area contributed by atoms with Crippen LogP contribution in [0.2, 0.25) is 5.02 Å². The largest absolute Gasteiger partial charge is 0.495 e. The molecule has 16 heteroatoms. The summed E-state index contributed by atoms with van der Waals surface area (Å²) in [6, 6.07) is 2.39. The molecular formula is C35H46ClN3O10S2. The van der Waals surface area contributed by atoms with Crippen LogP contribution in [0.1, 0.15) is 45.6 Å². The number of hydrogen-bond donors (Lipinski definition) is 2. The van der Waals surface area contributed by atoms with Crippen LogP contribution in [-0.4, -0.2) is 115 Å². The zero-order chi connectivity index (χ0) is 37.2. The number of aliphatic hydroxyl groups is 1. The molecule has 51 heavy (non-hydrogen) atoms. The van der Waals surface area contributed by atoms with Gasteiger partial charge in [-0.3, -0.25) is 14.9 Å². The standard InChI is InChI=1S/C35H46ClN3O10S2/c1-19-9-8-10-26(46-6)35(44)17-25(47-33(43)37-35)20(2)31-34(3,49-31)27-16-29(41)39(22-14-21(13-19)15-24(45-5)30(22)36)18-23(32(42)48-27)38(4)28(40)11-12-51-50-7/h8-10,14-15,20,23,25-27,31,44H,11-13,16-18H2,1-7H3,(H,37,43)/b10-8+,19-9+/t20-,23?,25+,26-,27+,31?,34?,35+/m1/s1. The van der Waals surface area contributed by atoms with E-state index in [1.807, 2.05) is 26.2 Å². The summed E-state index contributed by atoms with van der Waals surface area (Å²) < 4.78 is 29.2. The van der Waals surface area contributed by atoms with Crippen LogP contribution in [-0.2, 0) is 39.8 Å². The number of nitrogens with zero attached hydrogens (tertiary/aromatic N) is 2. The van der Waals surface area contributed by atoms with Crippen molar-refractivity contribution in [2.24, 2.45) is 5.92 Å². The topological polar surface area (TPSA) is 156 Å². The molecule has 8 atom stereocenters. The minimum absolute atomic E-state index is 0.0352. The number of epoxide rings is 1. The van der Waals surface area contributed by atoms with Crippen molar-refractivity contribution in [1.29, 1.82) is 0 Å². The number of alkyl carbamates (subject to hydrolysis) is 1. The molecule has 3 amide bonds. The van der Waals surface area contributed by atoms with Crippen LogP contribution in [0.5, 0.6) is 5.75 Å². The molecule has 4 heterocycles. The number of allylic oxidation sites excluding steroid dienone is 3. The Morgan fingerprint density at radius 1 is 1.24 bits per heavy atom. The summed E-state index contributed by atoms with van der Waals surface area (Å²) >= 11 is 6.90. The molecule has 3 saturated heterocycles. The number of ether oxygens (including phenoxy) is 5. The molecule has 4 aliphatic rings. The van der Waals surface area contributed by atoms with Gasteiger partial charge in [0.1, 0.15) is 40.7 Å². The molecule has 13 nitrogen and oxygen atoms in total. The molecule has 3 fully saturated rings. The Balaban J connectivity index is 1.62. The van der Waals surface area contributed by atoms with E-state index in [9.17, 15) is 24.3 Å². The minimum Gasteiger partial charge on any atom is -0.495 e. The van der Waals surface area contributed by atoms with Crippen molar-refractivity contribution >= 4 is 62.8 Å². The number of carbonyl (C=O) groups is 4. The lowest BCUT2D eigenvalue weighted by Gasteiger charge is -2.42. The zero-order valence-corrected chi connectivity index (χ0v) is 32.2. The highest BCUT2D eigenvalue weighted by atomic mass is 35.5. The average Bonchev–Trinajstić information content (AvgIpc) is 3.77. The van der Waals surface area contributed by atoms with Gasteiger partial charge >= 0.3 is 12.1 Å². The number of halogens is 1. The summed E-state index contributed by atoms with van der Waals surface area (Å²) in [5, 5.41) is 14.4. The molecule has 4 aliphatic heterocycles. The van der Waals surface area contributed by atoms with Gasteiger partial charge in [-0.25, -0.2) is 9.59 Å². The second-order valence-electron chi connectivity index (χ2n) is 13.5. The monoisotopic (exact) mass is 767 g/mol. The Morgan fingerprint density at radius 3 is 2.67 bits per heavy atom. The first kappa shape index (κ1) is 39.3. The van der Waals surface area contributed by atoms with Gasteiger partial charge in [0.25, 0.3) is 0 Å². The molecule has 0 radical (unpaired) electrons. The first-order valence-electron chi connectivity index (χ1n) is 16.7. The van der Waals surface area contributed by atoms with Crippen LogP contribution in [0.15, 0.2) is 35.9 Å². The molecular weight excluding hydrogens is 722 g/mol. The lowest BCUT2D eigenvalue weighted by molar-refractivity contribution is -0.163. The van der Waals surface area contributed by atoms with Crippen molar-refractivity contribution in [2.75, 3.05) is 44.7 Å². The number of amides is 3. The molecule has 2 N–H and O–H groups in total. The van der Waals surface area contributed by atoms with E-state index >= 15 is 0 Å².